The van der Waals surface area contributed by atoms with Crippen LogP contribution in [0.25, 0.3) is 0 Å². The Hall–Kier alpha value is -0.280. The van der Waals surface area contributed by atoms with E-state index >= 15 is 0 Å². The molecule has 2 N–H and O–H groups in total. The molecule has 0 saturated carbocycles. The minimum Gasteiger partial charge on any atom is -0.382 e. The number of ether oxygens (including phenoxy) is 1. The summed E-state index contributed by atoms with van der Waals surface area (Å²) >= 11 is 12.1. The molecule has 1 aromatic rings. The zero-order chi connectivity index (χ0) is 12.1. The van der Waals surface area contributed by atoms with Gasteiger partial charge in [-0.1, -0.05) is 29.3 Å². The van der Waals surface area contributed by atoms with E-state index in [9.17, 15) is 0 Å². The van der Waals surface area contributed by atoms with Crippen molar-refractivity contribution < 1.29 is 4.74 Å². The Labute approximate surface area is 107 Å². The van der Waals surface area contributed by atoms with Crippen molar-refractivity contribution in [3.05, 3.63) is 33.8 Å². The van der Waals surface area contributed by atoms with Crippen LogP contribution in [0.1, 0.15) is 18.9 Å². The van der Waals surface area contributed by atoms with Crippen LogP contribution in [-0.4, -0.2) is 19.3 Å². The van der Waals surface area contributed by atoms with Crippen LogP contribution in [0.5, 0.6) is 0 Å². The molecule has 2 nitrogen and oxygen atoms in total. The maximum absolute atomic E-state index is 6.07. The summed E-state index contributed by atoms with van der Waals surface area (Å²) in [6, 6.07) is 5.49. The Kier molecular flexibility index (Phi) is 5.56. The molecule has 0 radical (unpaired) electrons. The summed E-state index contributed by atoms with van der Waals surface area (Å²) in [4.78, 5) is 0. The van der Waals surface area contributed by atoms with Gasteiger partial charge in [0.25, 0.3) is 0 Å². The summed E-state index contributed by atoms with van der Waals surface area (Å²) in [7, 11) is 1.68. The molecular weight excluding hydrogens is 245 g/mol. The van der Waals surface area contributed by atoms with Crippen LogP contribution in [0.15, 0.2) is 18.2 Å². The Balaban J connectivity index is 2.66. The van der Waals surface area contributed by atoms with E-state index in [0.717, 1.165) is 12.0 Å². The topological polar surface area (TPSA) is 35.2 Å². The SMILES string of the molecule is COC(C)CC(N)Cc1c(Cl)cccc1Cl. The summed E-state index contributed by atoms with van der Waals surface area (Å²) in [5, 5.41) is 1.35. The van der Waals surface area contributed by atoms with Crippen molar-refractivity contribution in [3.63, 3.8) is 0 Å². The van der Waals surface area contributed by atoms with Crippen LogP contribution in [0.3, 0.4) is 0 Å². The Morgan fingerprint density at radius 1 is 1.31 bits per heavy atom. The van der Waals surface area contributed by atoms with Crippen molar-refractivity contribution in [1.29, 1.82) is 0 Å². The molecule has 90 valence electrons. The first-order chi connectivity index (χ1) is 7.54. The van der Waals surface area contributed by atoms with Crippen molar-refractivity contribution in [3.8, 4) is 0 Å². The lowest BCUT2D eigenvalue weighted by molar-refractivity contribution is 0.104. The maximum atomic E-state index is 6.07. The molecular formula is C12H17Cl2NO. The summed E-state index contributed by atoms with van der Waals surface area (Å²) in [5.41, 5.74) is 6.94. The number of methoxy groups -OCH3 is 1. The van der Waals surface area contributed by atoms with Crippen LogP contribution >= 0.6 is 23.2 Å². The zero-order valence-electron chi connectivity index (χ0n) is 9.54. The fraction of sp³-hybridized carbons (Fsp3) is 0.500. The molecule has 1 aromatic carbocycles. The third-order valence-corrected chi connectivity index (χ3v) is 3.27. The second kappa shape index (κ2) is 6.45. The van der Waals surface area contributed by atoms with E-state index in [2.05, 4.69) is 0 Å². The Morgan fingerprint density at radius 2 is 1.88 bits per heavy atom. The van der Waals surface area contributed by atoms with Gasteiger partial charge in [-0.05, 0) is 37.5 Å². The van der Waals surface area contributed by atoms with Gasteiger partial charge >= 0.3 is 0 Å². The van der Waals surface area contributed by atoms with Gasteiger partial charge in [-0.3, -0.25) is 0 Å². The molecule has 0 aliphatic rings. The Bertz CT molecular complexity index is 324. The van der Waals surface area contributed by atoms with Crippen molar-refractivity contribution in [2.45, 2.75) is 31.9 Å². The molecule has 0 fully saturated rings. The lowest BCUT2D eigenvalue weighted by Crippen LogP contribution is -2.28. The van der Waals surface area contributed by atoms with Gasteiger partial charge in [0, 0.05) is 23.2 Å². The molecule has 0 heterocycles. The van der Waals surface area contributed by atoms with Crippen LogP contribution in [-0.2, 0) is 11.2 Å². The van der Waals surface area contributed by atoms with Gasteiger partial charge in [-0.25, -0.2) is 0 Å². The molecule has 1 rings (SSSR count). The minimum absolute atomic E-state index is 0.00681. The van der Waals surface area contributed by atoms with Crippen molar-refractivity contribution in [1.82, 2.24) is 0 Å². The molecule has 2 unspecified atom stereocenters. The van der Waals surface area contributed by atoms with E-state index in [1.54, 1.807) is 7.11 Å². The highest BCUT2D eigenvalue weighted by Crippen LogP contribution is 2.25. The van der Waals surface area contributed by atoms with Gasteiger partial charge < -0.3 is 10.5 Å². The highest BCUT2D eigenvalue weighted by molar-refractivity contribution is 6.35. The smallest absolute Gasteiger partial charge is 0.0558 e. The summed E-state index contributed by atoms with van der Waals surface area (Å²) in [6.07, 6.45) is 1.61. The molecule has 16 heavy (non-hydrogen) atoms. The zero-order valence-corrected chi connectivity index (χ0v) is 11.1. The third kappa shape index (κ3) is 3.95. The van der Waals surface area contributed by atoms with Gasteiger partial charge in [0.2, 0.25) is 0 Å². The number of rotatable bonds is 5. The molecule has 0 aliphatic heterocycles. The predicted octanol–water partition coefficient (Wildman–Crippen LogP) is 3.29. The van der Waals surface area contributed by atoms with Crippen LogP contribution in [0, 0.1) is 0 Å². The number of benzene rings is 1. The fourth-order valence-corrected chi connectivity index (χ4v) is 2.15. The lowest BCUT2D eigenvalue weighted by atomic mass is 10.0. The summed E-state index contributed by atoms with van der Waals surface area (Å²) < 4.78 is 5.17. The van der Waals surface area contributed by atoms with Crippen molar-refractivity contribution in [2.75, 3.05) is 7.11 Å². The minimum atomic E-state index is 0.00681. The highest BCUT2D eigenvalue weighted by atomic mass is 35.5. The molecule has 0 spiro atoms. The number of halogens is 2. The van der Waals surface area contributed by atoms with E-state index in [4.69, 9.17) is 33.7 Å². The molecule has 2 atom stereocenters. The van der Waals surface area contributed by atoms with Crippen LogP contribution < -0.4 is 5.73 Å². The monoisotopic (exact) mass is 261 g/mol. The molecule has 0 aromatic heterocycles. The standard InChI is InChI=1S/C12H17Cl2NO/c1-8(16-2)6-9(15)7-10-11(13)4-3-5-12(10)14/h3-5,8-9H,6-7,15H2,1-2H3. The number of hydrogen-bond donors (Lipinski definition) is 1. The summed E-state index contributed by atoms with van der Waals surface area (Å²) in [5.74, 6) is 0. The van der Waals surface area contributed by atoms with Gasteiger partial charge in [0.1, 0.15) is 0 Å². The molecule has 0 bridgehead atoms. The predicted molar refractivity (Wildman–Crippen MR) is 69.2 cm³/mol. The second-order valence-corrected chi connectivity index (χ2v) is 4.76. The average Bonchev–Trinajstić information content (AvgIpc) is 2.23. The van der Waals surface area contributed by atoms with Gasteiger partial charge in [-0.15, -0.1) is 0 Å². The Morgan fingerprint density at radius 3 is 2.38 bits per heavy atom. The largest absolute Gasteiger partial charge is 0.382 e. The fourth-order valence-electron chi connectivity index (χ4n) is 1.60. The average molecular weight is 262 g/mol. The van der Waals surface area contributed by atoms with E-state index < -0.39 is 0 Å². The molecule has 4 heteroatoms. The molecule has 0 aliphatic carbocycles. The van der Waals surface area contributed by atoms with E-state index in [1.807, 2.05) is 25.1 Å². The van der Waals surface area contributed by atoms with E-state index in [0.29, 0.717) is 16.5 Å². The van der Waals surface area contributed by atoms with Crippen molar-refractivity contribution in [2.24, 2.45) is 5.73 Å². The quantitative estimate of drug-likeness (QED) is 0.883. The van der Waals surface area contributed by atoms with Gasteiger partial charge in [0.15, 0.2) is 0 Å². The lowest BCUT2D eigenvalue weighted by Gasteiger charge is -2.17. The number of nitrogens with two attached hydrogens (primary N) is 1. The molecule has 0 amide bonds. The van der Waals surface area contributed by atoms with Gasteiger partial charge in [-0.2, -0.15) is 0 Å². The van der Waals surface area contributed by atoms with Crippen molar-refractivity contribution >= 4 is 23.2 Å². The van der Waals surface area contributed by atoms with E-state index in [1.165, 1.54) is 0 Å². The first-order valence-electron chi connectivity index (χ1n) is 5.25. The molecule has 0 saturated heterocycles. The van der Waals surface area contributed by atoms with Crippen LogP contribution in [0.4, 0.5) is 0 Å². The number of hydrogen-bond acceptors (Lipinski definition) is 2. The first-order valence-corrected chi connectivity index (χ1v) is 6.01. The third-order valence-electron chi connectivity index (χ3n) is 2.57. The second-order valence-electron chi connectivity index (χ2n) is 3.95. The van der Waals surface area contributed by atoms with E-state index in [-0.39, 0.29) is 12.1 Å². The summed E-state index contributed by atoms with van der Waals surface area (Å²) in [6.45, 7) is 1.99. The first kappa shape index (κ1) is 13.8. The van der Waals surface area contributed by atoms with Crippen LogP contribution in [0.2, 0.25) is 10.0 Å². The van der Waals surface area contributed by atoms with Gasteiger partial charge in [0.05, 0.1) is 6.10 Å². The highest BCUT2D eigenvalue weighted by Gasteiger charge is 2.13. The maximum Gasteiger partial charge on any atom is 0.0558 e. The normalized spacial score (nSPS) is 14.8.